The smallest absolute Gasteiger partial charge is 0.306 e. The van der Waals surface area contributed by atoms with Gasteiger partial charge in [-0.3, -0.25) is 14.4 Å². The minimum atomic E-state index is -0.780. The third-order valence-electron chi connectivity index (χ3n) is 16.4. The molecule has 0 rings (SSSR count). The fraction of sp³-hybridized carbons (Fsp3) is 0.878. The van der Waals surface area contributed by atoms with Crippen molar-refractivity contribution in [3.8, 4) is 0 Å². The number of rotatable bonds is 67. The molecule has 0 saturated carbocycles. The topological polar surface area (TPSA) is 78.9 Å². The van der Waals surface area contributed by atoms with Crippen LogP contribution in [0.2, 0.25) is 0 Å². The molecule has 0 heterocycles. The number of ether oxygens (including phenoxy) is 3. The van der Waals surface area contributed by atoms with Gasteiger partial charge >= 0.3 is 17.9 Å². The number of carbonyl (C=O) groups is 3. The van der Waals surface area contributed by atoms with Crippen molar-refractivity contribution in [1.82, 2.24) is 0 Å². The molecule has 0 saturated heterocycles. The van der Waals surface area contributed by atoms with Crippen LogP contribution >= 0.6 is 0 Å². The Bertz CT molecular complexity index is 1340. The summed E-state index contributed by atoms with van der Waals surface area (Å²) in [6, 6.07) is 0. The summed E-state index contributed by atoms with van der Waals surface area (Å²) in [7, 11) is 0. The maximum atomic E-state index is 12.9. The van der Waals surface area contributed by atoms with Gasteiger partial charge in [-0.15, -0.1) is 0 Å². The van der Waals surface area contributed by atoms with Gasteiger partial charge in [0.1, 0.15) is 13.2 Å². The van der Waals surface area contributed by atoms with Crippen LogP contribution in [0.3, 0.4) is 0 Å². The molecule has 0 aliphatic rings. The van der Waals surface area contributed by atoms with E-state index in [-0.39, 0.29) is 31.1 Å². The molecule has 1 atom stereocenters. The van der Waals surface area contributed by atoms with Crippen molar-refractivity contribution in [2.24, 2.45) is 0 Å². The van der Waals surface area contributed by atoms with Crippen LogP contribution in [0.5, 0.6) is 0 Å². The summed E-state index contributed by atoms with van der Waals surface area (Å²) in [4.78, 5) is 38.4. The summed E-state index contributed by atoms with van der Waals surface area (Å²) >= 11 is 0. The largest absolute Gasteiger partial charge is 0.462 e. The Morgan fingerprint density at radius 2 is 0.450 bits per heavy atom. The molecule has 0 aromatic carbocycles. The predicted molar refractivity (Wildman–Crippen MR) is 349 cm³/mol. The molecule has 0 aliphatic heterocycles. The van der Waals surface area contributed by atoms with Crippen LogP contribution in [0.15, 0.2) is 36.5 Å². The Morgan fingerprint density at radius 3 is 0.713 bits per heavy atom. The van der Waals surface area contributed by atoms with Crippen LogP contribution in [-0.2, 0) is 28.6 Å². The van der Waals surface area contributed by atoms with Crippen LogP contribution in [0.1, 0.15) is 400 Å². The molecule has 0 radical (unpaired) electrons. The van der Waals surface area contributed by atoms with Gasteiger partial charge in [0.2, 0.25) is 0 Å². The predicted octanol–water partition coefficient (Wildman–Crippen LogP) is 24.7. The van der Waals surface area contributed by atoms with Crippen LogP contribution in [0.25, 0.3) is 0 Å². The van der Waals surface area contributed by atoms with Gasteiger partial charge in [-0.2, -0.15) is 0 Å². The van der Waals surface area contributed by atoms with E-state index in [9.17, 15) is 14.4 Å². The monoisotopic (exact) mass is 1120 g/mol. The maximum absolute atomic E-state index is 12.9. The fourth-order valence-corrected chi connectivity index (χ4v) is 10.9. The molecule has 0 aliphatic carbocycles. The Kier molecular flexibility index (Phi) is 67.1. The number of hydrogen-bond acceptors (Lipinski definition) is 6. The second-order valence-electron chi connectivity index (χ2n) is 24.5. The zero-order valence-electron chi connectivity index (χ0n) is 54.1. The van der Waals surface area contributed by atoms with Crippen molar-refractivity contribution in [2.45, 2.75) is 406 Å². The molecular formula is C74H138O6. The van der Waals surface area contributed by atoms with Crippen molar-refractivity contribution in [3.63, 3.8) is 0 Å². The third kappa shape index (κ3) is 66.4. The first-order valence-corrected chi connectivity index (χ1v) is 36.0. The summed E-state index contributed by atoms with van der Waals surface area (Å²) in [5.74, 6) is -0.865. The van der Waals surface area contributed by atoms with Crippen molar-refractivity contribution >= 4 is 17.9 Å². The Balaban J connectivity index is 4.21. The van der Waals surface area contributed by atoms with Crippen LogP contribution in [0.4, 0.5) is 0 Å². The fourth-order valence-electron chi connectivity index (χ4n) is 10.9. The highest BCUT2D eigenvalue weighted by Crippen LogP contribution is 2.19. The second-order valence-corrected chi connectivity index (χ2v) is 24.5. The van der Waals surface area contributed by atoms with Gasteiger partial charge in [0.25, 0.3) is 0 Å². The van der Waals surface area contributed by atoms with Gasteiger partial charge in [-0.1, -0.05) is 340 Å². The van der Waals surface area contributed by atoms with Crippen molar-refractivity contribution in [1.29, 1.82) is 0 Å². The molecule has 1 unspecified atom stereocenters. The molecule has 0 N–H and O–H groups in total. The van der Waals surface area contributed by atoms with Gasteiger partial charge < -0.3 is 14.2 Å². The van der Waals surface area contributed by atoms with E-state index in [1.165, 1.54) is 283 Å². The van der Waals surface area contributed by atoms with E-state index in [4.69, 9.17) is 14.2 Å². The summed E-state index contributed by atoms with van der Waals surface area (Å²) in [6.45, 7) is 6.68. The summed E-state index contributed by atoms with van der Waals surface area (Å²) in [5, 5.41) is 0. The molecule has 470 valence electrons. The van der Waals surface area contributed by atoms with Gasteiger partial charge in [-0.05, 0) is 77.0 Å². The number of hydrogen-bond donors (Lipinski definition) is 0. The molecule has 0 spiro atoms. The molecule has 6 heteroatoms. The van der Waals surface area contributed by atoms with E-state index in [1.807, 2.05) is 0 Å². The number of esters is 3. The highest BCUT2D eigenvalue weighted by Gasteiger charge is 2.19. The molecule has 0 amide bonds. The lowest BCUT2D eigenvalue weighted by atomic mass is 10.0. The van der Waals surface area contributed by atoms with E-state index >= 15 is 0 Å². The first kappa shape index (κ1) is 77.6. The first-order valence-electron chi connectivity index (χ1n) is 36.0. The number of allylic oxidation sites excluding steroid dienone is 6. The second kappa shape index (κ2) is 69.1. The molecule has 0 aromatic rings. The van der Waals surface area contributed by atoms with Crippen LogP contribution in [0, 0.1) is 0 Å². The lowest BCUT2D eigenvalue weighted by Gasteiger charge is -2.18. The SMILES string of the molecule is CCCCCC/C=C\C/C=C\CCCCCCCC(=O)OCC(COC(=O)CCCCCCCCCCCCCCCCCCCCCCCCCCCCCCC)OC(=O)CCCCCCCCC/C=C\CCCCCCCC. The third-order valence-corrected chi connectivity index (χ3v) is 16.4. The van der Waals surface area contributed by atoms with Crippen LogP contribution < -0.4 is 0 Å². The van der Waals surface area contributed by atoms with Gasteiger partial charge in [-0.25, -0.2) is 0 Å². The van der Waals surface area contributed by atoms with Gasteiger partial charge in [0.15, 0.2) is 6.10 Å². The minimum absolute atomic E-state index is 0.0740. The quantitative estimate of drug-likeness (QED) is 0.0261. The Hall–Kier alpha value is -2.37. The highest BCUT2D eigenvalue weighted by atomic mass is 16.6. The molecule has 0 aromatic heterocycles. The standard InChI is InChI=1S/C74H138O6/c1-4-7-10-13-16-19-22-25-28-31-32-33-34-35-36-37-38-39-40-41-42-44-46-49-52-55-58-61-64-67-73(76)79-70-71(69-78-72(75)66-63-60-57-54-51-48-45-30-27-24-21-18-15-12-9-6-3)80-74(77)68-65-62-59-56-53-50-47-43-29-26-23-20-17-14-11-8-5-2/h21,24,26,29-30,45,71H,4-20,22-23,25,27-28,31-44,46-70H2,1-3H3/b24-21-,29-26-,45-30-. The van der Waals surface area contributed by atoms with Crippen molar-refractivity contribution in [3.05, 3.63) is 36.5 Å². The number of carbonyl (C=O) groups excluding carboxylic acids is 3. The normalized spacial score (nSPS) is 12.2. The zero-order chi connectivity index (χ0) is 57.8. The Morgan fingerprint density at radius 1 is 0.250 bits per heavy atom. The molecular weight excluding hydrogens is 985 g/mol. The summed E-state index contributed by atoms with van der Waals surface area (Å²) in [5.41, 5.74) is 0. The average molecular weight is 1120 g/mol. The van der Waals surface area contributed by atoms with E-state index in [0.717, 1.165) is 77.0 Å². The van der Waals surface area contributed by atoms with E-state index in [1.54, 1.807) is 0 Å². The van der Waals surface area contributed by atoms with E-state index in [0.29, 0.717) is 19.3 Å². The van der Waals surface area contributed by atoms with Gasteiger partial charge in [0, 0.05) is 19.3 Å². The summed E-state index contributed by atoms with van der Waals surface area (Å²) < 4.78 is 17.0. The summed E-state index contributed by atoms with van der Waals surface area (Å²) in [6.07, 6.45) is 86.1. The van der Waals surface area contributed by atoms with Crippen molar-refractivity contribution in [2.75, 3.05) is 13.2 Å². The minimum Gasteiger partial charge on any atom is -0.462 e. The maximum Gasteiger partial charge on any atom is 0.306 e. The average Bonchev–Trinajstić information content (AvgIpc) is 3.46. The van der Waals surface area contributed by atoms with Crippen molar-refractivity contribution < 1.29 is 28.6 Å². The molecule has 80 heavy (non-hydrogen) atoms. The Labute approximate surface area is 499 Å². The van der Waals surface area contributed by atoms with Gasteiger partial charge in [0.05, 0.1) is 0 Å². The zero-order valence-corrected chi connectivity index (χ0v) is 54.1. The first-order chi connectivity index (χ1) is 39.5. The van der Waals surface area contributed by atoms with Crippen LogP contribution in [-0.4, -0.2) is 37.2 Å². The lowest BCUT2D eigenvalue weighted by molar-refractivity contribution is -0.167. The van der Waals surface area contributed by atoms with E-state index < -0.39 is 6.10 Å². The highest BCUT2D eigenvalue weighted by molar-refractivity contribution is 5.71. The molecule has 0 fully saturated rings. The number of unbranched alkanes of at least 4 members (excludes halogenated alkanes) is 50. The lowest BCUT2D eigenvalue weighted by Crippen LogP contribution is -2.30. The van der Waals surface area contributed by atoms with E-state index in [2.05, 4.69) is 57.2 Å². The molecule has 6 nitrogen and oxygen atoms in total. The molecule has 0 bridgehead atoms.